The fourth-order valence-corrected chi connectivity index (χ4v) is 3.26. The van der Waals surface area contributed by atoms with Gasteiger partial charge in [0.1, 0.15) is 0 Å². The van der Waals surface area contributed by atoms with E-state index in [0.29, 0.717) is 16.3 Å². The first-order valence-corrected chi connectivity index (χ1v) is 9.14. The second-order valence-electron chi connectivity index (χ2n) is 6.31. The van der Waals surface area contributed by atoms with Crippen LogP contribution in [0.15, 0.2) is 53.4 Å². The highest BCUT2D eigenvalue weighted by Crippen LogP contribution is 2.24. The quantitative estimate of drug-likeness (QED) is 0.866. The zero-order chi connectivity index (χ0) is 18.0. The number of benzene rings is 2. The number of rotatable bonds is 4. The Kier molecular flexibility index (Phi) is 5.20. The van der Waals surface area contributed by atoms with Crippen LogP contribution in [-0.4, -0.2) is 19.9 Å². The van der Waals surface area contributed by atoms with Crippen LogP contribution in [0.4, 0.5) is 5.69 Å². The minimum absolute atomic E-state index is 0.0507. The number of anilines is 1. The summed E-state index contributed by atoms with van der Waals surface area (Å²) in [5, 5.41) is 3.13. The summed E-state index contributed by atoms with van der Waals surface area (Å²) in [4.78, 5) is 12.1. The van der Waals surface area contributed by atoms with Crippen LogP contribution in [0.1, 0.15) is 31.1 Å². The molecule has 0 aliphatic carbocycles. The molecule has 0 unspecified atom stereocenters. The largest absolute Gasteiger partial charge is 0.347 e. The number of sulfonamides is 1. The number of nitrogens with one attached hydrogen (secondary N) is 2. The predicted octanol–water partition coefficient (Wildman–Crippen LogP) is 3.67. The maximum Gasteiger partial charge on any atom is 0.261 e. The average Bonchev–Trinajstić information content (AvgIpc) is 2.48. The lowest BCUT2D eigenvalue weighted by Crippen LogP contribution is -2.40. The Balaban J connectivity index is 2.21. The molecule has 0 spiro atoms. The van der Waals surface area contributed by atoms with Gasteiger partial charge in [-0.2, -0.15) is 0 Å². The van der Waals surface area contributed by atoms with Crippen molar-refractivity contribution in [1.82, 2.24) is 5.32 Å². The summed E-state index contributed by atoms with van der Waals surface area (Å²) >= 11 is 5.97. The normalized spacial score (nSPS) is 11.8. The molecule has 128 valence electrons. The van der Waals surface area contributed by atoms with Gasteiger partial charge < -0.3 is 5.32 Å². The lowest BCUT2D eigenvalue weighted by molar-refractivity contribution is 0.0919. The first-order chi connectivity index (χ1) is 11.1. The zero-order valence-corrected chi connectivity index (χ0v) is 15.2. The van der Waals surface area contributed by atoms with E-state index < -0.39 is 10.0 Å². The maximum atomic E-state index is 12.4. The summed E-state index contributed by atoms with van der Waals surface area (Å²) in [5.74, 6) is -0.259. The molecule has 2 rings (SSSR count). The van der Waals surface area contributed by atoms with E-state index in [-0.39, 0.29) is 16.3 Å². The molecule has 0 saturated carbocycles. The van der Waals surface area contributed by atoms with E-state index in [9.17, 15) is 13.2 Å². The number of carbonyl (C=O) groups is 1. The van der Waals surface area contributed by atoms with Gasteiger partial charge in [-0.15, -0.1) is 0 Å². The van der Waals surface area contributed by atoms with Crippen molar-refractivity contribution in [3.8, 4) is 0 Å². The van der Waals surface area contributed by atoms with Crippen LogP contribution in [0.3, 0.4) is 0 Å². The predicted molar refractivity (Wildman–Crippen MR) is 95.9 cm³/mol. The summed E-state index contributed by atoms with van der Waals surface area (Å²) in [6, 6.07) is 12.3. The molecule has 0 atom stereocenters. The van der Waals surface area contributed by atoms with E-state index in [1.165, 1.54) is 24.3 Å². The molecule has 0 fully saturated rings. The van der Waals surface area contributed by atoms with Gasteiger partial charge in [-0.3, -0.25) is 9.52 Å². The molecule has 0 bridgehead atoms. The smallest absolute Gasteiger partial charge is 0.261 e. The van der Waals surface area contributed by atoms with Crippen LogP contribution in [0, 0.1) is 0 Å². The highest BCUT2D eigenvalue weighted by atomic mass is 35.5. The summed E-state index contributed by atoms with van der Waals surface area (Å²) < 4.78 is 27.2. The summed E-state index contributed by atoms with van der Waals surface area (Å²) in [6.07, 6.45) is 0. The molecule has 24 heavy (non-hydrogen) atoms. The molecule has 0 heterocycles. The first-order valence-electron chi connectivity index (χ1n) is 7.28. The number of amides is 1. The summed E-state index contributed by atoms with van der Waals surface area (Å²) in [7, 11) is -3.78. The van der Waals surface area contributed by atoms with E-state index >= 15 is 0 Å². The molecule has 5 nitrogen and oxygen atoms in total. The van der Waals surface area contributed by atoms with Crippen molar-refractivity contribution in [2.75, 3.05) is 4.72 Å². The molecule has 7 heteroatoms. The highest BCUT2D eigenvalue weighted by Gasteiger charge is 2.18. The third kappa shape index (κ3) is 4.72. The monoisotopic (exact) mass is 366 g/mol. The van der Waals surface area contributed by atoms with Gasteiger partial charge in [0.2, 0.25) is 0 Å². The van der Waals surface area contributed by atoms with Gasteiger partial charge in [0.05, 0.1) is 15.6 Å². The Morgan fingerprint density at radius 1 is 1.00 bits per heavy atom. The summed E-state index contributed by atoms with van der Waals surface area (Å²) in [6.45, 7) is 5.62. The Morgan fingerprint density at radius 2 is 1.58 bits per heavy atom. The minimum Gasteiger partial charge on any atom is -0.347 e. The number of hydrogen-bond donors (Lipinski definition) is 2. The Labute approximate surface area is 147 Å². The second kappa shape index (κ2) is 6.83. The van der Waals surface area contributed by atoms with Crippen molar-refractivity contribution in [3.05, 3.63) is 59.1 Å². The van der Waals surface area contributed by atoms with E-state index in [1.54, 1.807) is 24.3 Å². The van der Waals surface area contributed by atoms with Crippen LogP contribution < -0.4 is 10.0 Å². The lowest BCUT2D eigenvalue weighted by Gasteiger charge is -2.20. The van der Waals surface area contributed by atoms with Crippen LogP contribution in [0.5, 0.6) is 0 Å². The van der Waals surface area contributed by atoms with E-state index in [1.807, 2.05) is 20.8 Å². The Hall–Kier alpha value is -2.05. The number of hydrogen-bond acceptors (Lipinski definition) is 3. The molecule has 0 saturated heterocycles. The standard InChI is InChI=1S/C17H19ClN2O3S/c1-17(2,3)19-16(21)12-8-10-13(11-9-12)24(22,23)20-15-7-5-4-6-14(15)18/h4-11,20H,1-3H3,(H,19,21). The fourth-order valence-electron chi connectivity index (χ4n) is 1.95. The van der Waals surface area contributed by atoms with Crippen LogP contribution >= 0.6 is 11.6 Å². The molecule has 0 aliphatic heterocycles. The molecule has 2 N–H and O–H groups in total. The number of halogens is 1. The Morgan fingerprint density at radius 3 is 2.12 bits per heavy atom. The minimum atomic E-state index is -3.78. The third-order valence-corrected chi connectivity index (χ3v) is 4.74. The number of carbonyl (C=O) groups excluding carboxylic acids is 1. The maximum absolute atomic E-state index is 12.4. The van der Waals surface area contributed by atoms with Gasteiger partial charge in [0.15, 0.2) is 0 Å². The van der Waals surface area contributed by atoms with Gasteiger partial charge in [0, 0.05) is 11.1 Å². The second-order valence-corrected chi connectivity index (χ2v) is 8.40. The van der Waals surface area contributed by atoms with E-state index in [4.69, 9.17) is 11.6 Å². The molecule has 0 radical (unpaired) electrons. The van der Waals surface area contributed by atoms with Crippen molar-refractivity contribution in [2.24, 2.45) is 0 Å². The fraction of sp³-hybridized carbons (Fsp3) is 0.235. The van der Waals surface area contributed by atoms with Crippen molar-refractivity contribution >= 4 is 33.2 Å². The molecule has 1 amide bonds. The van der Waals surface area contributed by atoms with Gasteiger partial charge in [-0.05, 0) is 57.2 Å². The number of para-hydroxylation sites is 1. The van der Waals surface area contributed by atoms with Gasteiger partial charge in [-0.1, -0.05) is 23.7 Å². The summed E-state index contributed by atoms with van der Waals surface area (Å²) in [5.41, 5.74) is 0.323. The molecule has 0 aromatic heterocycles. The van der Waals surface area contributed by atoms with Gasteiger partial charge >= 0.3 is 0 Å². The molecule has 2 aromatic carbocycles. The van der Waals surface area contributed by atoms with E-state index in [0.717, 1.165) is 0 Å². The molecule has 0 aliphatic rings. The van der Waals surface area contributed by atoms with Crippen molar-refractivity contribution < 1.29 is 13.2 Å². The Bertz CT molecular complexity index is 841. The van der Waals surface area contributed by atoms with E-state index in [2.05, 4.69) is 10.0 Å². The van der Waals surface area contributed by atoms with Crippen LogP contribution in [-0.2, 0) is 10.0 Å². The topological polar surface area (TPSA) is 75.3 Å². The lowest BCUT2D eigenvalue weighted by atomic mass is 10.1. The highest BCUT2D eigenvalue weighted by molar-refractivity contribution is 7.92. The molecular formula is C17H19ClN2O3S. The van der Waals surface area contributed by atoms with Gasteiger partial charge in [0.25, 0.3) is 15.9 Å². The van der Waals surface area contributed by atoms with Crippen LogP contribution in [0.2, 0.25) is 5.02 Å². The third-order valence-electron chi connectivity index (χ3n) is 3.03. The van der Waals surface area contributed by atoms with Crippen LogP contribution in [0.25, 0.3) is 0 Å². The van der Waals surface area contributed by atoms with Gasteiger partial charge in [-0.25, -0.2) is 8.42 Å². The first kappa shape index (κ1) is 18.3. The van der Waals surface area contributed by atoms with Crippen molar-refractivity contribution in [1.29, 1.82) is 0 Å². The molecular weight excluding hydrogens is 348 g/mol. The average molecular weight is 367 g/mol. The van der Waals surface area contributed by atoms with Crippen molar-refractivity contribution in [2.45, 2.75) is 31.2 Å². The zero-order valence-electron chi connectivity index (χ0n) is 13.6. The van der Waals surface area contributed by atoms with Crippen molar-refractivity contribution in [3.63, 3.8) is 0 Å². The molecule has 2 aromatic rings. The SMILES string of the molecule is CC(C)(C)NC(=O)c1ccc(S(=O)(=O)Nc2ccccc2Cl)cc1.